The third-order valence-electron chi connectivity index (χ3n) is 3.12. The molecular formula is C17H18FNO2. The Kier molecular flexibility index (Phi) is 5.32. The van der Waals surface area contributed by atoms with Crippen LogP contribution in [-0.4, -0.2) is 19.6 Å². The third kappa shape index (κ3) is 4.91. The summed E-state index contributed by atoms with van der Waals surface area (Å²) in [5.41, 5.74) is 1.77. The maximum atomic E-state index is 13.0. The zero-order chi connectivity index (χ0) is 15.1. The van der Waals surface area contributed by atoms with Crippen molar-refractivity contribution in [2.45, 2.75) is 12.8 Å². The summed E-state index contributed by atoms with van der Waals surface area (Å²) in [4.78, 5) is 11.8. The molecule has 3 nitrogen and oxygen atoms in total. The van der Waals surface area contributed by atoms with Crippen molar-refractivity contribution in [3.63, 3.8) is 0 Å². The molecule has 0 fully saturated rings. The van der Waals surface area contributed by atoms with Crippen molar-refractivity contribution in [3.8, 4) is 5.75 Å². The number of ether oxygens (including phenoxy) is 1. The third-order valence-corrected chi connectivity index (χ3v) is 3.12. The Morgan fingerprint density at radius 1 is 1.14 bits per heavy atom. The molecule has 2 aromatic carbocycles. The minimum absolute atomic E-state index is 0.108. The molecule has 110 valence electrons. The highest BCUT2D eigenvalue weighted by molar-refractivity contribution is 5.78. The highest BCUT2D eigenvalue weighted by Gasteiger charge is 2.04. The molecule has 0 radical (unpaired) electrons. The van der Waals surface area contributed by atoms with E-state index in [0.29, 0.717) is 12.1 Å². The second-order valence-electron chi connectivity index (χ2n) is 4.76. The lowest BCUT2D eigenvalue weighted by Gasteiger charge is -2.07. The Bertz CT molecular complexity index is 613. The van der Waals surface area contributed by atoms with E-state index >= 15 is 0 Å². The van der Waals surface area contributed by atoms with Crippen LogP contribution < -0.4 is 10.1 Å². The molecule has 2 aromatic rings. The number of benzene rings is 2. The molecule has 4 heteroatoms. The molecule has 0 atom stereocenters. The van der Waals surface area contributed by atoms with Gasteiger partial charge in [-0.15, -0.1) is 0 Å². The molecule has 1 N–H and O–H groups in total. The van der Waals surface area contributed by atoms with Crippen molar-refractivity contribution in [2.24, 2.45) is 0 Å². The lowest BCUT2D eigenvalue weighted by Crippen LogP contribution is -2.27. The number of hydrogen-bond acceptors (Lipinski definition) is 2. The lowest BCUT2D eigenvalue weighted by atomic mass is 10.1. The first kappa shape index (κ1) is 15.0. The van der Waals surface area contributed by atoms with E-state index in [-0.39, 0.29) is 18.1 Å². The van der Waals surface area contributed by atoms with Gasteiger partial charge in [0.15, 0.2) is 0 Å². The van der Waals surface area contributed by atoms with Crippen LogP contribution in [0.5, 0.6) is 5.75 Å². The molecule has 0 aliphatic heterocycles. The van der Waals surface area contributed by atoms with Crippen LogP contribution in [0.2, 0.25) is 0 Å². The Morgan fingerprint density at radius 2 is 1.90 bits per heavy atom. The molecule has 1 amide bonds. The minimum atomic E-state index is -0.323. The Hall–Kier alpha value is -2.36. The van der Waals surface area contributed by atoms with Gasteiger partial charge in [-0.3, -0.25) is 4.79 Å². The van der Waals surface area contributed by atoms with Crippen LogP contribution in [0.4, 0.5) is 4.39 Å². The van der Waals surface area contributed by atoms with Crippen LogP contribution in [0.1, 0.15) is 11.1 Å². The number of hydrogen-bond donors (Lipinski definition) is 1. The second-order valence-corrected chi connectivity index (χ2v) is 4.76. The Labute approximate surface area is 123 Å². The highest BCUT2D eigenvalue weighted by Crippen LogP contribution is 2.12. The lowest BCUT2D eigenvalue weighted by molar-refractivity contribution is -0.120. The van der Waals surface area contributed by atoms with Gasteiger partial charge in [-0.2, -0.15) is 0 Å². The van der Waals surface area contributed by atoms with Crippen LogP contribution in [0.3, 0.4) is 0 Å². The first-order valence-electron chi connectivity index (χ1n) is 6.81. The number of methoxy groups -OCH3 is 1. The SMILES string of the molecule is COc1cccc(CCNC(=O)Cc2cccc(F)c2)c1. The van der Waals surface area contributed by atoms with Gasteiger partial charge < -0.3 is 10.1 Å². The Morgan fingerprint density at radius 3 is 2.67 bits per heavy atom. The van der Waals surface area contributed by atoms with Crippen molar-refractivity contribution in [3.05, 3.63) is 65.5 Å². The van der Waals surface area contributed by atoms with Gasteiger partial charge in [0, 0.05) is 6.54 Å². The summed E-state index contributed by atoms with van der Waals surface area (Å²) in [5, 5.41) is 2.83. The molecule has 0 spiro atoms. The first-order valence-corrected chi connectivity index (χ1v) is 6.81. The van der Waals surface area contributed by atoms with E-state index < -0.39 is 0 Å². The smallest absolute Gasteiger partial charge is 0.224 e. The normalized spacial score (nSPS) is 10.2. The standard InChI is InChI=1S/C17H18FNO2/c1-21-16-7-3-4-13(11-16)8-9-19-17(20)12-14-5-2-6-15(18)10-14/h2-7,10-11H,8-9,12H2,1H3,(H,19,20). The summed E-state index contributed by atoms with van der Waals surface area (Å²) in [6.07, 6.45) is 0.919. The molecule has 0 aromatic heterocycles. The largest absolute Gasteiger partial charge is 0.497 e. The summed E-state index contributed by atoms with van der Waals surface area (Å²) in [7, 11) is 1.62. The summed E-state index contributed by atoms with van der Waals surface area (Å²) >= 11 is 0. The summed E-state index contributed by atoms with van der Waals surface area (Å²) in [5.74, 6) is 0.374. The van der Waals surface area contributed by atoms with Crippen molar-refractivity contribution < 1.29 is 13.9 Å². The molecule has 0 saturated carbocycles. The van der Waals surface area contributed by atoms with Gasteiger partial charge in [0.1, 0.15) is 11.6 Å². The Balaban J connectivity index is 1.79. The molecule has 0 aliphatic carbocycles. The van der Waals surface area contributed by atoms with Gasteiger partial charge >= 0.3 is 0 Å². The van der Waals surface area contributed by atoms with Crippen LogP contribution in [0.25, 0.3) is 0 Å². The number of halogens is 1. The van der Waals surface area contributed by atoms with E-state index in [1.54, 1.807) is 19.2 Å². The van der Waals surface area contributed by atoms with Gasteiger partial charge in [-0.25, -0.2) is 4.39 Å². The summed E-state index contributed by atoms with van der Waals surface area (Å²) < 4.78 is 18.2. The zero-order valence-electron chi connectivity index (χ0n) is 11.9. The quantitative estimate of drug-likeness (QED) is 0.887. The zero-order valence-corrected chi connectivity index (χ0v) is 11.9. The van der Waals surface area contributed by atoms with E-state index in [9.17, 15) is 9.18 Å². The van der Waals surface area contributed by atoms with E-state index in [1.807, 2.05) is 24.3 Å². The van der Waals surface area contributed by atoms with Crippen molar-refractivity contribution in [1.29, 1.82) is 0 Å². The predicted molar refractivity (Wildman–Crippen MR) is 79.8 cm³/mol. The fourth-order valence-corrected chi connectivity index (χ4v) is 2.07. The molecule has 21 heavy (non-hydrogen) atoms. The van der Waals surface area contributed by atoms with E-state index in [4.69, 9.17) is 4.74 Å². The molecule has 2 rings (SSSR count). The van der Waals surface area contributed by atoms with Gasteiger partial charge in [-0.1, -0.05) is 24.3 Å². The second kappa shape index (κ2) is 7.43. The fraction of sp³-hybridized carbons (Fsp3) is 0.235. The molecule has 0 saturated heterocycles. The maximum Gasteiger partial charge on any atom is 0.224 e. The number of rotatable bonds is 6. The van der Waals surface area contributed by atoms with Crippen LogP contribution in [0.15, 0.2) is 48.5 Å². The maximum absolute atomic E-state index is 13.0. The van der Waals surface area contributed by atoms with E-state index in [0.717, 1.165) is 17.7 Å². The van der Waals surface area contributed by atoms with Crippen molar-refractivity contribution >= 4 is 5.91 Å². The van der Waals surface area contributed by atoms with Crippen LogP contribution >= 0.6 is 0 Å². The summed E-state index contributed by atoms with van der Waals surface area (Å²) in [6.45, 7) is 0.543. The average molecular weight is 287 g/mol. The number of carbonyl (C=O) groups excluding carboxylic acids is 1. The van der Waals surface area contributed by atoms with Crippen molar-refractivity contribution in [2.75, 3.05) is 13.7 Å². The minimum Gasteiger partial charge on any atom is -0.497 e. The molecule has 0 unspecified atom stereocenters. The van der Waals surface area contributed by atoms with Crippen molar-refractivity contribution in [1.82, 2.24) is 5.32 Å². The molecule has 0 bridgehead atoms. The molecule has 0 aliphatic rings. The van der Waals surface area contributed by atoms with Gasteiger partial charge in [0.25, 0.3) is 0 Å². The topological polar surface area (TPSA) is 38.3 Å². The van der Waals surface area contributed by atoms with Crippen LogP contribution in [-0.2, 0) is 17.6 Å². The fourth-order valence-electron chi connectivity index (χ4n) is 2.07. The summed E-state index contributed by atoms with van der Waals surface area (Å²) in [6, 6.07) is 13.8. The van der Waals surface area contributed by atoms with Gasteiger partial charge in [0.05, 0.1) is 13.5 Å². The predicted octanol–water partition coefficient (Wildman–Crippen LogP) is 2.74. The van der Waals surface area contributed by atoms with Gasteiger partial charge in [-0.05, 0) is 41.8 Å². The first-order chi connectivity index (χ1) is 10.2. The van der Waals surface area contributed by atoms with E-state index in [1.165, 1.54) is 12.1 Å². The number of carbonyl (C=O) groups is 1. The molecule has 0 heterocycles. The number of nitrogens with one attached hydrogen (secondary N) is 1. The van der Waals surface area contributed by atoms with E-state index in [2.05, 4.69) is 5.32 Å². The monoisotopic (exact) mass is 287 g/mol. The average Bonchev–Trinajstić information content (AvgIpc) is 2.47. The highest BCUT2D eigenvalue weighted by atomic mass is 19.1. The number of amides is 1. The molecular weight excluding hydrogens is 269 g/mol. The van der Waals surface area contributed by atoms with Gasteiger partial charge in [0.2, 0.25) is 5.91 Å². The van der Waals surface area contributed by atoms with Crippen LogP contribution in [0, 0.1) is 5.82 Å².